The molecule has 0 aliphatic carbocycles. The molecule has 1 aromatic heterocycles. The van der Waals surface area contributed by atoms with Crippen molar-refractivity contribution in [3.8, 4) is 0 Å². The molecule has 0 aliphatic rings. The van der Waals surface area contributed by atoms with Crippen molar-refractivity contribution in [2.75, 3.05) is 32.5 Å². The number of likely N-dealkylation sites (N-methyl/N-ethyl adjacent to an activating group) is 1. The van der Waals surface area contributed by atoms with Gasteiger partial charge in [-0.15, -0.1) is 0 Å². The van der Waals surface area contributed by atoms with Gasteiger partial charge in [0.15, 0.2) is 0 Å². The van der Waals surface area contributed by atoms with Crippen LogP contribution in [-0.4, -0.2) is 41.9 Å². The summed E-state index contributed by atoms with van der Waals surface area (Å²) in [5.41, 5.74) is 1.58. The molecular formula is C12H19BrN4O. The number of nitrogens with one attached hydrogen (secondary N) is 1. The first-order valence-corrected chi connectivity index (χ1v) is 6.49. The van der Waals surface area contributed by atoms with E-state index in [1.807, 2.05) is 25.9 Å². The van der Waals surface area contributed by atoms with Crippen LogP contribution in [0.1, 0.15) is 6.92 Å². The fourth-order valence-electron chi connectivity index (χ4n) is 1.29. The van der Waals surface area contributed by atoms with Crippen molar-refractivity contribution in [2.24, 2.45) is 0 Å². The highest BCUT2D eigenvalue weighted by molar-refractivity contribution is 9.10. The molecule has 0 unspecified atom stereocenters. The highest BCUT2D eigenvalue weighted by atomic mass is 79.9. The molecular weight excluding hydrogens is 296 g/mol. The topological polar surface area (TPSA) is 50.2 Å². The normalized spacial score (nSPS) is 10.7. The van der Waals surface area contributed by atoms with Crippen LogP contribution in [0.2, 0.25) is 0 Å². The van der Waals surface area contributed by atoms with Crippen molar-refractivity contribution in [3.05, 3.63) is 33.2 Å². The number of rotatable bonds is 6. The van der Waals surface area contributed by atoms with Crippen LogP contribution >= 0.6 is 15.9 Å². The van der Waals surface area contributed by atoms with Gasteiger partial charge in [-0.3, -0.25) is 4.79 Å². The Morgan fingerprint density at radius 1 is 1.61 bits per heavy atom. The molecule has 0 saturated heterocycles. The van der Waals surface area contributed by atoms with Crippen LogP contribution in [-0.2, 0) is 6.54 Å². The van der Waals surface area contributed by atoms with E-state index in [1.54, 1.807) is 6.20 Å². The van der Waals surface area contributed by atoms with E-state index in [0.29, 0.717) is 23.2 Å². The lowest BCUT2D eigenvalue weighted by Gasteiger charge is -2.12. The van der Waals surface area contributed by atoms with Crippen molar-refractivity contribution < 1.29 is 0 Å². The first-order valence-electron chi connectivity index (χ1n) is 5.70. The van der Waals surface area contributed by atoms with Gasteiger partial charge < -0.3 is 10.2 Å². The van der Waals surface area contributed by atoms with Crippen LogP contribution in [0.25, 0.3) is 0 Å². The van der Waals surface area contributed by atoms with Gasteiger partial charge in [0, 0.05) is 13.1 Å². The number of aromatic nitrogens is 2. The molecule has 18 heavy (non-hydrogen) atoms. The van der Waals surface area contributed by atoms with Gasteiger partial charge in [0.2, 0.25) is 0 Å². The van der Waals surface area contributed by atoms with Crippen molar-refractivity contribution >= 4 is 21.6 Å². The molecule has 0 spiro atoms. The minimum Gasteiger partial charge on any atom is -0.379 e. The molecule has 100 valence electrons. The highest BCUT2D eigenvalue weighted by Crippen LogP contribution is 2.16. The smallest absolute Gasteiger partial charge is 0.283 e. The van der Waals surface area contributed by atoms with Crippen LogP contribution < -0.4 is 10.9 Å². The quantitative estimate of drug-likeness (QED) is 0.810. The lowest BCUT2D eigenvalue weighted by atomic mass is 10.3. The lowest BCUT2D eigenvalue weighted by Crippen LogP contribution is -2.29. The molecule has 0 radical (unpaired) electrons. The van der Waals surface area contributed by atoms with Gasteiger partial charge in [0.25, 0.3) is 5.56 Å². The zero-order chi connectivity index (χ0) is 13.7. The highest BCUT2D eigenvalue weighted by Gasteiger charge is 2.08. The van der Waals surface area contributed by atoms with E-state index in [2.05, 4.69) is 32.9 Å². The summed E-state index contributed by atoms with van der Waals surface area (Å²) in [4.78, 5) is 14.0. The van der Waals surface area contributed by atoms with Gasteiger partial charge in [-0.1, -0.05) is 12.2 Å². The monoisotopic (exact) mass is 314 g/mol. The molecule has 0 bridgehead atoms. The summed E-state index contributed by atoms with van der Waals surface area (Å²) in [6.07, 6.45) is 1.66. The van der Waals surface area contributed by atoms with Gasteiger partial charge in [0.1, 0.15) is 4.47 Å². The Balaban J connectivity index is 2.84. The Kier molecular flexibility index (Phi) is 5.55. The fraction of sp³-hybridized carbons (Fsp3) is 0.500. The average Bonchev–Trinajstić information content (AvgIpc) is 2.29. The van der Waals surface area contributed by atoms with Crippen LogP contribution in [0.15, 0.2) is 27.6 Å². The molecule has 0 amide bonds. The summed E-state index contributed by atoms with van der Waals surface area (Å²) in [7, 11) is 3.92. The molecule has 1 N–H and O–H groups in total. The Morgan fingerprint density at radius 2 is 2.28 bits per heavy atom. The Morgan fingerprint density at radius 3 is 2.83 bits per heavy atom. The summed E-state index contributed by atoms with van der Waals surface area (Å²) >= 11 is 3.31. The van der Waals surface area contributed by atoms with Gasteiger partial charge in [-0.25, -0.2) is 4.68 Å². The minimum atomic E-state index is -0.122. The molecule has 6 heteroatoms. The van der Waals surface area contributed by atoms with Gasteiger partial charge in [-0.05, 0) is 36.9 Å². The second-order valence-electron chi connectivity index (χ2n) is 4.51. The molecule has 0 fully saturated rings. The Bertz CT molecular complexity index is 481. The van der Waals surface area contributed by atoms with Gasteiger partial charge >= 0.3 is 0 Å². The zero-order valence-electron chi connectivity index (χ0n) is 11.0. The molecule has 5 nitrogen and oxygen atoms in total. The standard InChI is InChI=1S/C12H19BrN4O/c1-9(2)7-14-10-8-15-17(6-5-16(3)4)12(18)11(10)13/h8,14H,1,5-7H2,2-4H3. The summed E-state index contributed by atoms with van der Waals surface area (Å²) in [6.45, 7) is 7.70. The second-order valence-corrected chi connectivity index (χ2v) is 5.31. The lowest BCUT2D eigenvalue weighted by molar-refractivity contribution is 0.367. The molecule has 0 aliphatic heterocycles. The third kappa shape index (κ3) is 4.27. The van der Waals surface area contributed by atoms with E-state index in [-0.39, 0.29) is 5.56 Å². The Labute approximate surface area is 116 Å². The first kappa shape index (κ1) is 14.9. The second kappa shape index (κ2) is 6.70. The Hall–Kier alpha value is -1.14. The van der Waals surface area contributed by atoms with Crippen molar-refractivity contribution in [1.29, 1.82) is 0 Å². The minimum absolute atomic E-state index is 0.122. The first-order chi connectivity index (χ1) is 8.41. The third-order valence-electron chi connectivity index (χ3n) is 2.32. The molecule has 0 aromatic carbocycles. The van der Waals surface area contributed by atoms with E-state index in [4.69, 9.17) is 0 Å². The fourth-order valence-corrected chi connectivity index (χ4v) is 1.74. The zero-order valence-corrected chi connectivity index (χ0v) is 12.6. The average molecular weight is 315 g/mol. The number of hydrogen-bond donors (Lipinski definition) is 1. The molecule has 0 saturated carbocycles. The predicted octanol–water partition coefficient (Wildman–Crippen LogP) is 1.56. The number of halogens is 1. The maximum atomic E-state index is 12.0. The van der Waals surface area contributed by atoms with E-state index in [9.17, 15) is 4.79 Å². The van der Waals surface area contributed by atoms with E-state index >= 15 is 0 Å². The van der Waals surface area contributed by atoms with Gasteiger partial charge in [0.05, 0.1) is 18.4 Å². The van der Waals surface area contributed by atoms with E-state index in [0.717, 1.165) is 12.1 Å². The van der Waals surface area contributed by atoms with Crippen LogP contribution in [0.4, 0.5) is 5.69 Å². The van der Waals surface area contributed by atoms with Crippen molar-refractivity contribution in [3.63, 3.8) is 0 Å². The van der Waals surface area contributed by atoms with Crippen molar-refractivity contribution in [2.45, 2.75) is 13.5 Å². The number of hydrogen-bond acceptors (Lipinski definition) is 4. The molecule has 0 atom stereocenters. The van der Waals surface area contributed by atoms with Crippen molar-refractivity contribution in [1.82, 2.24) is 14.7 Å². The van der Waals surface area contributed by atoms with E-state index in [1.165, 1.54) is 4.68 Å². The van der Waals surface area contributed by atoms with E-state index < -0.39 is 0 Å². The molecule has 1 rings (SSSR count). The summed E-state index contributed by atoms with van der Waals surface area (Å²) in [5, 5.41) is 7.26. The summed E-state index contributed by atoms with van der Waals surface area (Å²) < 4.78 is 1.97. The maximum Gasteiger partial charge on any atom is 0.283 e. The predicted molar refractivity (Wildman–Crippen MR) is 78.1 cm³/mol. The van der Waals surface area contributed by atoms with Crippen LogP contribution in [0.5, 0.6) is 0 Å². The van der Waals surface area contributed by atoms with Crippen LogP contribution in [0, 0.1) is 0 Å². The summed E-state index contributed by atoms with van der Waals surface area (Å²) in [6, 6.07) is 0. The molecule has 1 heterocycles. The third-order valence-corrected chi connectivity index (χ3v) is 3.09. The maximum absolute atomic E-state index is 12.0. The van der Waals surface area contributed by atoms with Gasteiger partial charge in [-0.2, -0.15) is 5.10 Å². The SMILES string of the molecule is C=C(C)CNc1cnn(CCN(C)C)c(=O)c1Br. The summed E-state index contributed by atoms with van der Waals surface area (Å²) in [5.74, 6) is 0. The largest absolute Gasteiger partial charge is 0.379 e. The number of anilines is 1. The number of nitrogens with zero attached hydrogens (tertiary/aromatic N) is 3. The molecule has 1 aromatic rings. The van der Waals surface area contributed by atoms with Crippen LogP contribution in [0.3, 0.4) is 0 Å².